The average Bonchev–Trinajstić information content (AvgIpc) is 4.14. The summed E-state index contributed by atoms with van der Waals surface area (Å²) in [6, 6.07) is 13.0. The Morgan fingerprint density at radius 2 is 1.44 bits per heavy atom. The number of nitrogens with one attached hydrogen (secondary N) is 3. The van der Waals surface area contributed by atoms with E-state index in [1.807, 2.05) is 62.3 Å². The molecule has 4 atom stereocenters. The molecule has 326 valence electrons. The normalized spacial score (nSPS) is 20.5. The summed E-state index contributed by atoms with van der Waals surface area (Å²) >= 11 is 1.81. The fourth-order valence-corrected chi connectivity index (χ4v) is 11.9. The van der Waals surface area contributed by atoms with E-state index >= 15 is 0 Å². The number of ether oxygens (including phenoxy) is 1. The lowest BCUT2D eigenvalue weighted by Gasteiger charge is -2.30. The Bertz CT molecular complexity index is 2570. The highest BCUT2D eigenvalue weighted by molar-refractivity contribution is 7.19. The number of amides is 3. The Balaban J connectivity index is 0.995. The van der Waals surface area contributed by atoms with Crippen LogP contribution in [0.25, 0.3) is 43.0 Å². The van der Waals surface area contributed by atoms with Gasteiger partial charge in [-0.15, -0.1) is 11.3 Å². The second kappa shape index (κ2) is 16.7. The topological polar surface area (TPSA) is 179 Å². The molecule has 9 rings (SSSR count). The van der Waals surface area contributed by atoms with Gasteiger partial charge in [0.2, 0.25) is 11.8 Å². The molecular formula is C48H58N8O5S. The minimum atomic E-state index is -0.761. The molecule has 0 bridgehead atoms. The number of carbonyl (C=O) groups is 3. The van der Waals surface area contributed by atoms with Crippen LogP contribution in [-0.4, -0.2) is 79.9 Å². The third-order valence-corrected chi connectivity index (χ3v) is 15.4. The summed E-state index contributed by atoms with van der Waals surface area (Å²) in [6.45, 7) is 8.92. The largest absolute Gasteiger partial charge is 0.453 e. The molecule has 1 saturated carbocycles. The molecule has 4 unspecified atom stereocenters. The highest BCUT2D eigenvalue weighted by Crippen LogP contribution is 2.56. The van der Waals surface area contributed by atoms with Crippen molar-refractivity contribution in [3.63, 3.8) is 0 Å². The van der Waals surface area contributed by atoms with Gasteiger partial charge in [-0.05, 0) is 109 Å². The van der Waals surface area contributed by atoms with Crippen LogP contribution in [0.15, 0.2) is 53.5 Å². The van der Waals surface area contributed by atoms with E-state index in [9.17, 15) is 19.2 Å². The van der Waals surface area contributed by atoms with E-state index in [0.717, 1.165) is 54.7 Å². The monoisotopic (exact) mass is 858 g/mol. The maximum Gasteiger partial charge on any atom is 0.407 e. The fourth-order valence-electron chi connectivity index (χ4n) is 10.5. The van der Waals surface area contributed by atoms with Gasteiger partial charge < -0.3 is 35.6 Å². The number of hydrogen-bond donors (Lipinski definition) is 4. The number of H-pyrrole nitrogens is 2. The number of carbonyl (C=O) groups excluding carboxylic acids is 3. The van der Waals surface area contributed by atoms with Crippen molar-refractivity contribution in [1.82, 2.24) is 35.1 Å². The molecular weight excluding hydrogens is 801 g/mol. The first-order valence-electron chi connectivity index (χ1n) is 22.4. The number of likely N-dealkylation sites (tertiary alicyclic amines) is 2. The molecule has 0 radical (unpaired) electrons. The molecule has 4 aliphatic rings. The standard InChI is InChI=1S/C48H58N8O5S/c1-26(2)38(49)45(58)55-20-8-10-36(55)42-50-25-35(52-42)28-12-14-29(15-13-28)40-32-23-48(18-6-7-19-48)24-33(32)41(62-40)30-16-17-34-31(22-30)44(57)54-43(51-34)37-11-9-21-56(37)46(59)39(27(3)4)53-47(60)61-5/h12-17,22,25-27,36-39H,6-11,18-21,23-24,49H2,1-5H3,(H,50,52)(H,53,60)(H,51,54,57). The van der Waals surface area contributed by atoms with Gasteiger partial charge in [0.15, 0.2) is 0 Å². The van der Waals surface area contributed by atoms with E-state index in [1.165, 1.54) is 59.2 Å². The number of methoxy groups -OCH3 is 1. The first-order chi connectivity index (χ1) is 29.8. The highest BCUT2D eigenvalue weighted by atomic mass is 32.1. The number of nitrogens with zero attached hydrogens (tertiary/aromatic N) is 4. The van der Waals surface area contributed by atoms with Crippen molar-refractivity contribution in [2.24, 2.45) is 23.0 Å². The molecule has 2 aliphatic carbocycles. The fraction of sp³-hybridized carbons (Fsp3) is 0.500. The number of thiophene rings is 1. The van der Waals surface area contributed by atoms with Crippen molar-refractivity contribution in [1.29, 1.82) is 0 Å². The minimum Gasteiger partial charge on any atom is -0.453 e. The summed E-state index contributed by atoms with van der Waals surface area (Å²) in [7, 11) is 1.28. The van der Waals surface area contributed by atoms with E-state index in [2.05, 4.69) is 45.6 Å². The molecule has 5 N–H and O–H groups in total. The van der Waals surface area contributed by atoms with Crippen molar-refractivity contribution >= 4 is 40.1 Å². The lowest BCUT2D eigenvalue weighted by Crippen LogP contribution is -2.51. The molecule has 5 heterocycles. The van der Waals surface area contributed by atoms with Crippen LogP contribution in [0.4, 0.5) is 4.79 Å². The first kappa shape index (κ1) is 42.0. The minimum absolute atomic E-state index is 0.0119. The number of rotatable bonds is 10. The molecule has 13 nitrogen and oxygen atoms in total. The molecule has 2 saturated heterocycles. The van der Waals surface area contributed by atoms with Gasteiger partial charge in [0.05, 0.1) is 48.0 Å². The molecule has 14 heteroatoms. The summed E-state index contributed by atoms with van der Waals surface area (Å²) < 4.78 is 4.79. The van der Waals surface area contributed by atoms with Gasteiger partial charge in [0.25, 0.3) is 5.56 Å². The van der Waals surface area contributed by atoms with Crippen molar-refractivity contribution in [3.05, 3.63) is 81.8 Å². The van der Waals surface area contributed by atoms with Gasteiger partial charge in [-0.2, -0.15) is 0 Å². The molecule has 1 spiro atoms. The summed E-state index contributed by atoms with van der Waals surface area (Å²) in [5.74, 6) is 0.940. The number of imidazole rings is 1. The molecule has 2 aliphatic heterocycles. The molecule has 62 heavy (non-hydrogen) atoms. The first-order valence-corrected chi connectivity index (χ1v) is 23.2. The molecule has 5 aromatic rings. The zero-order chi connectivity index (χ0) is 43.4. The number of aromatic nitrogens is 4. The Kier molecular flexibility index (Phi) is 11.3. The Morgan fingerprint density at radius 3 is 2.08 bits per heavy atom. The van der Waals surface area contributed by atoms with Gasteiger partial charge in [0.1, 0.15) is 17.7 Å². The van der Waals surface area contributed by atoms with Crippen LogP contribution in [-0.2, 0) is 27.2 Å². The summed E-state index contributed by atoms with van der Waals surface area (Å²) in [5, 5.41) is 3.21. The van der Waals surface area contributed by atoms with Crippen LogP contribution >= 0.6 is 11.3 Å². The van der Waals surface area contributed by atoms with Crippen molar-refractivity contribution in [3.8, 4) is 32.1 Å². The van der Waals surface area contributed by atoms with Crippen LogP contribution in [0.2, 0.25) is 0 Å². The van der Waals surface area contributed by atoms with Crippen LogP contribution in [0.3, 0.4) is 0 Å². The van der Waals surface area contributed by atoms with Gasteiger partial charge in [-0.1, -0.05) is 70.9 Å². The van der Waals surface area contributed by atoms with Gasteiger partial charge in [-0.25, -0.2) is 14.8 Å². The smallest absolute Gasteiger partial charge is 0.407 e. The van der Waals surface area contributed by atoms with Gasteiger partial charge in [-0.3, -0.25) is 14.4 Å². The van der Waals surface area contributed by atoms with E-state index in [0.29, 0.717) is 41.7 Å². The zero-order valence-corrected chi connectivity index (χ0v) is 37.2. The van der Waals surface area contributed by atoms with Crippen LogP contribution < -0.4 is 16.6 Å². The number of aromatic amines is 2. The third kappa shape index (κ3) is 7.63. The summed E-state index contributed by atoms with van der Waals surface area (Å²) in [6.07, 6.45) is 11.5. The Morgan fingerprint density at radius 1 is 0.823 bits per heavy atom. The van der Waals surface area contributed by atoms with Gasteiger partial charge >= 0.3 is 6.09 Å². The highest BCUT2D eigenvalue weighted by Gasteiger charge is 2.43. The van der Waals surface area contributed by atoms with E-state index in [4.69, 9.17) is 20.4 Å². The Hall–Kier alpha value is -5.34. The quantitative estimate of drug-likeness (QED) is 0.109. The van der Waals surface area contributed by atoms with E-state index < -0.39 is 24.2 Å². The second-order valence-corrected chi connectivity index (χ2v) is 19.7. The van der Waals surface area contributed by atoms with E-state index in [1.54, 1.807) is 4.90 Å². The van der Waals surface area contributed by atoms with Crippen molar-refractivity contribution in [2.45, 2.75) is 116 Å². The van der Waals surface area contributed by atoms with Crippen molar-refractivity contribution in [2.75, 3.05) is 20.2 Å². The molecule has 2 aromatic carbocycles. The van der Waals surface area contributed by atoms with Gasteiger partial charge in [0, 0.05) is 22.8 Å². The SMILES string of the molecule is COC(=O)NC(C(=O)N1CCCC1c1nc2ccc(-c3sc(-c4ccc(-c5cnc(C6CCCN6C(=O)C(N)C(C)C)[nH]5)cc4)c4c3CC3(CCCC3)C4)cc2c(=O)[nH]1)C(C)C. The Labute approximate surface area is 366 Å². The van der Waals surface area contributed by atoms with Crippen molar-refractivity contribution < 1.29 is 19.1 Å². The van der Waals surface area contributed by atoms with Crippen LogP contribution in [0.1, 0.15) is 114 Å². The molecule has 3 fully saturated rings. The zero-order valence-electron chi connectivity index (χ0n) is 36.4. The third-order valence-electron chi connectivity index (χ3n) is 14.0. The lowest BCUT2D eigenvalue weighted by molar-refractivity contribution is -0.136. The van der Waals surface area contributed by atoms with E-state index in [-0.39, 0.29) is 35.3 Å². The second-order valence-electron chi connectivity index (χ2n) is 18.7. The molecule has 3 amide bonds. The maximum atomic E-state index is 13.9. The number of hydrogen-bond acceptors (Lipinski definition) is 9. The number of nitrogens with two attached hydrogens (primary N) is 1. The lowest BCUT2D eigenvalue weighted by atomic mass is 9.83. The number of fused-ring (bicyclic) bond motifs is 2. The average molecular weight is 859 g/mol. The summed E-state index contributed by atoms with van der Waals surface area (Å²) in [5.41, 5.74) is 13.9. The summed E-state index contributed by atoms with van der Waals surface area (Å²) in [4.78, 5) is 75.4. The van der Waals surface area contributed by atoms with Crippen LogP contribution in [0.5, 0.6) is 0 Å². The maximum absolute atomic E-state index is 13.9. The molecule has 3 aromatic heterocycles. The number of alkyl carbamates (subject to hydrolysis) is 1. The number of benzene rings is 2. The predicted molar refractivity (Wildman–Crippen MR) is 241 cm³/mol. The predicted octanol–water partition coefficient (Wildman–Crippen LogP) is 8.06. The van der Waals surface area contributed by atoms with Crippen LogP contribution in [0, 0.1) is 17.3 Å².